The summed E-state index contributed by atoms with van der Waals surface area (Å²) in [5.41, 5.74) is 5.43. The number of aromatic nitrogens is 2. The highest BCUT2D eigenvalue weighted by Gasteiger charge is 2.14. The monoisotopic (exact) mass is 384 g/mol. The summed E-state index contributed by atoms with van der Waals surface area (Å²) in [6.07, 6.45) is 1.18. The molecule has 0 aliphatic heterocycles. The molecule has 0 aliphatic carbocycles. The van der Waals surface area contributed by atoms with Crippen LogP contribution in [-0.4, -0.2) is 28.3 Å². The number of nitrogens with one attached hydrogen (secondary N) is 1. The first-order valence-electron chi connectivity index (χ1n) is 10.4. The van der Waals surface area contributed by atoms with E-state index in [4.69, 9.17) is 0 Å². The molecule has 0 radical (unpaired) electrons. The molecule has 154 valence electrons. The van der Waals surface area contributed by atoms with E-state index in [-0.39, 0.29) is 5.91 Å². The number of rotatable bonds is 9. The predicted octanol–water partition coefficient (Wildman–Crippen LogP) is 4.96. The zero-order valence-electron chi connectivity index (χ0n) is 18.5. The number of hydrogen-bond acceptors (Lipinski definition) is 3. The molecule has 0 saturated carbocycles. The second-order valence-electron chi connectivity index (χ2n) is 8.20. The van der Waals surface area contributed by atoms with Crippen molar-refractivity contribution in [1.82, 2.24) is 9.78 Å². The van der Waals surface area contributed by atoms with Crippen molar-refractivity contribution in [2.45, 2.75) is 73.9 Å². The molecule has 1 N–H and O–H groups in total. The fourth-order valence-electron chi connectivity index (χ4n) is 3.66. The van der Waals surface area contributed by atoms with E-state index in [1.165, 1.54) is 16.9 Å². The third kappa shape index (κ3) is 5.60. The van der Waals surface area contributed by atoms with Gasteiger partial charge in [0.1, 0.15) is 0 Å². The molecule has 0 aliphatic rings. The van der Waals surface area contributed by atoms with Crippen LogP contribution in [0, 0.1) is 19.8 Å². The van der Waals surface area contributed by atoms with Crippen LogP contribution in [-0.2, 0) is 17.8 Å². The average Bonchev–Trinajstić information content (AvgIpc) is 2.87. The van der Waals surface area contributed by atoms with E-state index in [2.05, 4.69) is 73.7 Å². The molecule has 0 fully saturated rings. The third-order valence-corrected chi connectivity index (χ3v) is 5.12. The number of amides is 1. The normalized spacial score (nSPS) is 11.3. The lowest BCUT2D eigenvalue weighted by Gasteiger charge is -2.27. The van der Waals surface area contributed by atoms with E-state index >= 15 is 0 Å². The van der Waals surface area contributed by atoms with Crippen molar-refractivity contribution < 1.29 is 4.79 Å². The second-order valence-corrected chi connectivity index (χ2v) is 8.20. The quantitative estimate of drug-likeness (QED) is 0.664. The smallest absolute Gasteiger partial charge is 0.224 e. The summed E-state index contributed by atoms with van der Waals surface area (Å²) >= 11 is 0. The van der Waals surface area contributed by atoms with Gasteiger partial charge in [-0.15, -0.1) is 0 Å². The molecule has 0 atom stereocenters. The molecule has 2 rings (SSSR count). The van der Waals surface area contributed by atoms with Crippen molar-refractivity contribution >= 4 is 17.3 Å². The van der Waals surface area contributed by atoms with Crippen molar-refractivity contribution in [3.05, 3.63) is 41.2 Å². The van der Waals surface area contributed by atoms with Gasteiger partial charge in [-0.1, -0.05) is 13.8 Å². The molecule has 0 bridgehead atoms. The Hall–Kier alpha value is -2.30. The van der Waals surface area contributed by atoms with Gasteiger partial charge in [0.15, 0.2) is 0 Å². The van der Waals surface area contributed by atoms with Gasteiger partial charge in [0.2, 0.25) is 5.91 Å². The van der Waals surface area contributed by atoms with Crippen LogP contribution in [0.4, 0.5) is 11.4 Å². The molecular formula is C23H36N4O. The standard InChI is InChI=1S/C23H36N4O/c1-8-26(17(4)5)21-11-9-20(10-12-21)24-23(28)14-13-22-18(6)25-27(19(22)7)15-16(2)3/h9-12,16-17H,8,13-15H2,1-7H3,(H,24,28). The first kappa shape index (κ1) is 22.0. The third-order valence-electron chi connectivity index (χ3n) is 5.12. The number of carbonyl (C=O) groups is 1. The Bertz CT molecular complexity index is 775. The minimum atomic E-state index is 0.0411. The summed E-state index contributed by atoms with van der Waals surface area (Å²) in [4.78, 5) is 14.8. The Labute approximate surface area is 170 Å². The molecule has 5 heteroatoms. The highest BCUT2D eigenvalue weighted by Crippen LogP contribution is 2.21. The van der Waals surface area contributed by atoms with Gasteiger partial charge in [-0.3, -0.25) is 9.48 Å². The van der Waals surface area contributed by atoms with Crippen LogP contribution in [0.5, 0.6) is 0 Å². The molecule has 0 unspecified atom stereocenters. The fraction of sp³-hybridized carbons (Fsp3) is 0.565. The van der Waals surface area contributed by atoms with Crippen LogP contribution < -0.4 is 10.2 Å². The first-order valence-corrected chi connectivity index (χ1v) is 10.4. The predicted molar refractivity (Wildman–Crippen MR) is 118 cm³/mol. The maximum absolute atomic E-state index is 12.4. The van der Waals surface area contributed by atoms with Crippen molar-refractivity contribution in [3.63, 3.8) is 0 Å². The lowest BCUT2D eigenvalue weighted by atomic mass is 10.1. The van der Waals surface area contributed by atoms with Gasteiger partial charge in [-0.2, -0.15) is 5.10 Å². The molecule has 0 saturated heterocycles. The highest BCUT2D eigenvalue weighted by atomic mass is 16.1. The van der Waals surface area contributed by atoms with Gasteiger partial charge in [0.25, 0.3) is 0 Å². The maximum Gasteiger partial charge on any atom is 0.224 e. The summed E-state index contributed by atoms with van der Waals surface area (Å²) in [7, 11) is 0. The topological polar surface area (TPSA) is 50.2 Å². The van der Waals surface area contributed by atoms with Crippen LogP contribution in [0.25, 0.3) is 0 Å². The van der Waals surface area contributed by atoms with Crippen LogP contribution >= 0.6 is 0 Å². The molecule has 1 amide bonds. The first-order chi connectivity index (χ1) is 13.2. The van der Waals surface area contributed by atoms with Gasteiger partial charge in [0.05, 0.1) is 5.69 Å². The molecule has 28 heavy (non-hydrogen) atoms. The number of benzene rings is 1. The summed E-state index contributed by atoms with van der Waals surface area (Å²) in [5.74, 6) is 0.593. The van der Waals surface area contributed by atoms with Crippen LogP contribution in [0.15, 0.2) is 24.3 Å². The van der Waals surface area contributed by atoms with Crippen LogP contribution in [0.3, 0.4) is 0 Å². The van der Waals surface area contributed by atoms with Gasteiger partial charge in [-0.25, -0.2) is 0 Å². The van der Waals surface area contributed by atoms with Gasteiger partial charge in [0, 0.05) is 42.6 Å². The SMILES string of the molecule is CCN(c1ccc(NC(=O)CCc2c(C)nn(CC(C)C)c2C)cc1)C(C)C. The Morgan fingerprint density at radius 2 is 1.79 bits per heavy atom. The van der Waals surface area contributed by atoms with Crippen molar-refractivity contribution in [3.8, 4) is 0 Å². The number of hydrogen-bond donors (Lipinski definition) is 1. The summed E-state index contributed by atoms with van der Waals surface area (Å²) in [6, 6.07) is 8.56. The molecule has 2 aromatic rings. The van der Waals surface area contributed by atoms with E-state index in [0.29, 0.717) is 18.4 Å². The van der Waals surface area contributed by atoms with E-state index in [1.807, 2.05) is 19.1 Å². The van der Waals surface area contributed by atoms with E-state index < -0.39 is 0 Å². The van der Waals surface area contributed by atoms with Gasteiger partial charge < -0.3 is 10.2 Å². The Morgan fingerprint density at radius 1 is 1.14 bits per heavy atom. The largest absolute Gasteiger partial charge is 0.369 e. The molecule has 5 nitrogen and oxygen atoms in total. The summed E-state index contributed by atoms with van der Waals surface area (Å²) in [6.45, 7) is 16.9. The highest BCUT2D eigenvalue weighted by molar-refractivity contribution is 5.91. The number of anilines is 2. The molecular weight excluding hydrogens is 348 g/mol. The molecule has 1 aromatic heterocycles. The molecule has 1 aromatic carbocycles. The number of aryl methyl sites for hydroxylation is 1. The zero-order chi connectivity index (χ0) is 20.8. The maximum atomic E-state index is 12.4. The van der Waals surface area contributed by atoms with E-state index in [0.717, 1.165) is 30.9 Å². The van der Waals surface area contributed by atoms with E-state index in [9.17, 15) is 4.79 Å². The molecule has 1 heterocycles. The Kier molecular flexibility index (Phi) is 7.67. The van der Waals surface area contributed by atoms with Crippen LogP contribution in [0.1, 0.15) is 58.0 Å². The van der Waals surface area contributed by atoms with Gasteiger partial charge in [-0.05, 0) is 76.8 Å². The lowest BCUT2D eigenvalue weighted by molar-refractivity contribution is -0.116. The second kappa shape index (κ2) is 9.76. The number of nitrogens with zero attached hydrogens (tertiary/aromatic N) is 3. The summed E-state index contributed by atoms with van der Waals surface area (Å²) in [5, 5.41) is 7.66. The minimum Gasteiger partial charge on any atom is -0.369 e. The van der Waals surface area contributed by atoms with Crippen LogP contribution in [0.2, 0.25) is 0 Å². The fourth-order valence-corrected chi connectivity index (χ4v) is 3.66. The number of carbonyl (C=O) groups excluding carboxylic acids is 1. The molecule has 0 spiro atoms. The lowest BCUT2D eigenvalue weighted by Crippen LogP contribution is -2.30. The minimum absolute atomic E-state index is 0.0411. The summed E-state index contributed by atoms with van der Waals surface area (Å²) < 4.78 is 2.07. The van der Waals surface area contributed by atoms with Crippen molar-refractivity contribution in [2.24, 2.45) is 5.92 Å². The average molecular weight is 385 g/mol. The van der Waals surface area contributed by atoms with Crippen molar-refractivity contribution in [1.29, 1.82) is 0 Å². The zero-order valence-corrected chi connectivity index (χ0v) is 18.5. The van der Waals surface area contributed by atoms with E-state index in [1.54, 1.807) is 0 Å². The Morgan fingerprint density at radius 3 is 2.32 bits per heavy atom. The van der Waals surface area contributed by atoms with Gasteiger partial charge >= 0.3 is 0 Å². The Balaban J connectivity index is 1.95. The van der Waals surface area contributed by atoms with Crippen molar-refractivity contribution in [2.75, 3.05) is 16.8 Å².